The van der Waals surface area contributed by atoms with Crippen LogP contribution in [0.4, 0.5) is 0 Å². The van der Waals surface area contributed by atoms with Gasteiger partial charge in [0.15, 0.2) is 5.65 Å². The average Bonchev–Trinajstić information content (AvgIpc) is 3.01. The number of aryl methyl sites for hydroxylation is 2. The molecule has 22 heavy (non-hydrogen) atoms. The summed E-state index contributed by atoms with van der Waals surface area (Å²) in [5.74, 6) is 0.758. The second kappa shape index (κ2) is 4.62. The van der Waals surface area contributed by atoms with Gasteiger partial charge < -0.3 is 4.57 Å². The molecule has 4 heterocycles. The van der Waals surface area contributed by atoms with Gasteiger partial charge in [0.1, 0.15) is 17.8 Å². The van der Waals surface area contributed by atoms with Gasteiger partial charge in [-0.15, -0.1) is 0 Å². The predicted octanol–water partition coefficient (Wildman–Crippen LogP) is 2.45. The molecule has 0 bridgehead atoms. The molecule has 6 heteroatoms. The molecule has 0 aliphatic carbocycles. The van der Waals surface area contributed by atoms with Crippen molar-refractivity contribution in [1.82, 2.24) is 29.1 Å². The SMILES string of the molecule is Cc1nc2c3c(C)c(C)n(Cc4ccncc4)c3ncn2n1. The van der Waals surface area contributed by atoms with Crippen LogP contribution in [0.25, 0.3) is 16.7 Å². The number of aromatic nitrogens is 6. The first kappa shape index (κ1) is 12.9. The third-order valence-electron chi connectivity index (χ3n) is 4.14. The minimum atomic E-state index is 0.758. The van der Waals surface area contributed by atoms with Crippen molar-refractivity contribution in [2.24, 2.45) is 0 Å². The Morgan fingerprint density at radius 2 is 1.82 bits per heavy atom. The van der Waals surface area contributed by atoms with Crippen LogP contribution in [-0.2, 0) is 6.54 Å². The van der Waals surface area contributed by atoms with Crippen molar-refractivity contribution in [2.75, 3.05) is 0 Å². The van der Waals surface area contributed by atoms with Crippen molar-refractivity contribution in [1.29, 1.82) is 0 Å². The van der Waals surface area contributed by atoms with Crippen molar-refractivity contribution >= 4 is 16.7 Å². The number of rotatable bonds is 2. The lowest BCUT2D eigenvalue weighted by Gasteiger charge is -2.07. The van der Waals surface area contributed by atoms with E-state index in [1.54, 1.807) is 10.8 Å². The number of nitrogens with zero attached hydrogens (tertiary/aromatic N) is 6. The van der Waals surface area contributed by atoms with Crippen LogP contribution in [0.3, 0.4) is 0 Å². The molecule has 0 aliphatic rings. The topological polar surface area (TPSA) is 60.9 Å². The largest absolute Gasteiger partial charge is 0.325 e. The first-order valence-electron chi connectivity index (χ1n) is 7.21. The zero-order valence-corrected chi connectivity index (χ0v) is 12.8. The molecular formula is C16H16N6. The second-order valence-electron chi connectivity index (χ2n) is 5.52. The third-order valence-corrected chi connectivity index (χ3v) is 4.14. The summed E-state index contributed by atoms with van der Waals surface area (Å²) in [6.45, 7) is 6.91. The van der Waals surface area contributed by atoms with E-state index in [0.29, 0.717) is 0 Å². The normalized spacial score (nSPS) is 11.6. The standard InChI is InChI=1S/C16H16N6/c1-10-11(2)21(8-13-4-6-17-7-5-13)15-14(10)16-19-12(3)20-22(16)9-18-15/h4-7,9H,8H2,1-3H3. The molecule has 4 rings (SSSR count). The first-order valence-corrected chi connectivity index (χ1v) is 7.21. The quantitative estimate of drug-likeness (QED) is 0.569. The van der Waals surface area contributed by atoms with Gasteiger partial charge in [-0.05, 0) is 44.0 Å². The maximum absolute atomic E-state index is 4.61. The van der Waals surface area contributed by atoms with E-state index in [2.05, 4.69) is 38.5 Å². The molecule has 4 aromatic heterocycles. The summed E-state index contributed by atoms with van der Waals surface area (Å²) in [4.78, 5) is 13.2. The summed E-state index contributed by atoms with van der Waals surface area (Å²) < 4.78 is 3.98. The zero-order valence-electron chi connectivity index (χ0n) is 12.8. The molecule has 110 valence electrons. The van der Waals surface area contributed by atoms with E-state index >= 15 is 0 Å². The van der Waals surface area contributed by atoms with Crippen LogP contribution in [0.5, 0.6) is 0 Å². The lowest BCUT2D eigenvalue weighted by molar-refractivity contribution is 0.785. The van der Waals surface area contributed by atoms with Crippen molar-refractivity contribution in [3.05, 3.63) is 53.5 Å². The van der Waals surface area contributed by atoms with Crippen molar-refractivity contribution < 1.29 is 0 Å². The molecule has 0 aromatic carbocycles. The Balaban J connectivity index is 1.99. The zero-order chi connectivity index (χ0) is 15.3. The van der Waals surface area contributed by atoms with Crippen LogP contribution in [0, 0.1) is 20.8 Å². The maximum Gasteiger partial charge on any atom is 0.168 e. The van der Waals surface area contributed by atoms with Crippen LogP contribution in [0.15, 0.2) is 30.9 Å². The lowest BCUT2D eigenvalue weighted by atomic mass is 10.2. The van der Waals surface area contributed by atoms with E-state index in [1.807, 2.05) is 31.5 Å². The monoisotopic (exact) mass is 292 g/mol. The predicted molar refractivity (Wildman–Crippen MR) is 83.8 cm³/mol. The van der Waals surface area contributed by atoms with Crippen LogP contribution in [-0.4, -0.2) is 29.1 Å². The van der Waals surface area contributed by atoms with Gasteiger partial charge in [-0.3, -0.25) is 4.98 Å². The molecule has 0 fully saturated rings. The molecule has 0 spiro atoms. The Bertz CT molecular complexity index is 980. The molecule has 6 nitrogen and oxygen atoms in total. The van der Waals surface area contributed by atoms with E-state index in [0.717, 1.165) is 29.0 Å². The average molecular weight is 292 g/mol. The fraction of sp³-hybridized carbons (Fsp3) is 0.250. The summed E-state index contributed by atoms with van der Waals surface area (Å²) in [5.41, 5.74) is 5.43. The Morgan fingerprint density at radius 1 is 1.05 bits per heavy atom. The lowest BCUT2D eigenvalue weighted by Crippen LogP contribution is -2.03. The second-order valence-corrected chi connectivity index (χ2v) is 5.52. The highest BCUT2D eigenvalue weighted by Crippen LogP contribution is 2.27. The smallest absolute Gasteiger partial charge is 0.168 e. The summed E-state index contributed by atoms with van der Waals surface area (Å²) in [7, 11) is 0. The van der Waals surface area contributed by atoms with Crippen molar-refractivity contribution in [3.8, 4) is 0 Å². The molecular weight excluding hydrogens is 276 g/mol. The maximum atomic E-state index is 4.61. The Morgan fingerprint density at radius 3 is 2.59 bits per heavy atom. The number of fused-ring (bicyclic) bond motifs is 3. The third kappa shape index (κ3) is 1.80. The van der Waals surface area contributed by atoms with Gasteiger partial charge in [-0.1, -0.05) is 0 Å². The first-order chi connectivity index (χ1) is 10.6. The van der Waals surface area contributed by atoms with Gasteiger partial charge in [-0.2, -0.15) is 5.10 Å². The Hall–Kier alpha value is -2.76. The minimum Gasteiger partial charge on any atom is -0.325 e. The summed E-state index contributed by atoms with van der Waals surface area (Å²) in [5, 5.41) is 5.43. The van der Waals surface area contributed by atoms with Crippen molar-refractivity contribution in [3.63, 3.8) is 0 Å². The van der Waals surface area contributed by atoms with Gasteiger partial charge in [0.05, 0.1) is 5.39 Å². The summed E-state index contributed by atoms with van der Waals surface area (Å²) >= 11 is 0. The van der Waals surface area contributed by atoms with Crippen LogP contribution in [0.1, 0.15) is 22.6 Å². The van der Waals surface area contributed by atoms with E-state index < -0.39 is 0 Å². The summed E-state index contributed by atoms with van der Waals surface area (Å²) in [6.07, 6.45) is 5.37. The fourth-order valence-corrected chi connectivity index (χ4v) is 2.90. The Kier molecular flexibility index (Phi) is 2.72. The number of hydrogen-bond acceptors (Lipinski definition) is 4. The van der Waals surface area contributed by atoms with E-state index in [4.69, 9.17) is 0 Å². The molecule has 0 saturated heterocycles. The molecule has 0 atom stereocenters. The molecule has 0 amide bonds. The van der Waals surface area contributed by atoms with Crippen LogP contribution < -0.4 is 0 Å². The fourth-order valence-electron chi connectivity index (χ4n) is 2.90. The van der Waals surface area contributed by atoms with Gasteiger partial charge in [0, 0.05) is 24.6 Å². The van der Waals surface area contributed by atoms with Gasteiger partial charge >= 0.3 is 0 Å². The molecule has 0 aliphatic heterocycles. The van der Waals surface area contributed by atoms with Crippen LogP contribution >= 0.6 is 0 Å². The number of pyridine rings is 1. The van der Waals surface area contributed by atoms with E-state index in [1.165, 1.54) is 16.8 Å². The van der Waals surface area contributed by atoms with Gasteiger partial charge in [0.2, 0.25) is 0 Å². The number of hydrogen-bond donors (Lipinski definition) is 0. The molecule has 0 unspecified atom stereocenters. The van der Waals surface area contributed by atoms with Gasteiger partial charge in [0.25, 0.3) is 0 Å². The Labute approximate surface area is 127 Å². The summed E-state index contributed by atoms with van der Waals surface area (Å²) in [6, 6.07) is 4.06. The highest BCUT2D eigenvalue weighted by molar-refractivity contribution is 5.93. The van der Waals surface area contributed by atoms with Gasteiger partial charge in [-0.25, -0.2) is 14.5 Å². The molecule has 0 radical (unpaired) electrons. The van der Waals surface area contributed by atoms with Crippen LogP contribution in [0.2, 0.25) is 0 Å². The molecule has 0 saturated carbocycles. The highest BCUT2D eigenvalue weighted by Gasteiger charge is 2.17. The molecule has 4 aromatic rings. The van der Waals surface area contributed by atoms with E-state index in [9.17, 15) is 0 Å². The van der Waals surface area contributed by atoms with E-state index in [-0.39, 0.29) is 0 Å². The highest BCUT2D eigenvalue weighted by atomic mass is 15.3. The minimum absolute atomic E-state index is 0.758. The van der Waals surface area contributed by atoms with Crippen molar-refractivity contribution in [2.45, 2.75) is 27.3 Å². The molecule has 0 N–H and O–H groups in total.